The zero-order valence-corrected chi connectivity index (χ0v) is 16.3. The van der Waals surface area contributed by atoms with Gasteiger partial charge in [0.25, 0.3) is 0 Å². The molecule has 1 N–H and O–H groups in total. The van der Waals surface area contributed by atoms with Crippen molar-refractivity contribution >= 4 is 16.7 Å². The van der Waals surface area contributed by atoms with Crippen LogP contribution in [0.3, 0.4) is 0 Å². The molecule has 4 rings (SSSR count). The van der Waals surface area contributed by atoms with E-state index in [1.807, 2.05) is 30.3 Å². The van der Waals surface area contributed by atoms with Crippen LogP contribution in [0.4, 0.5) is 5.82 Å². The highest BCUT2D eigenvalue weighted by Gasteiger charge is 2.25. The van der Waals surface area contributed by atoms with Gasteiger partial charge in [-0.2, -0.15) is 0 Å². The van der Waals surface area contributed by atoms with Gasteiger partial charge in [-0.15, -0.1) is 0 Å². The summed E-state index contributed by atoms with van der Waals surface area (Å²) in [6, 6.07) is 12.1. The lowest BCUT2D eigenvalue weighted by Gasteiger charge is -2.35. The molecule has 1 aliphatic heterocycles. The van der Waals surface area contributed by atoms with Crippen molar-refractivity contribution in [3.63, 3.8) is 0 Å². The average Bonchev–Trinajstić information content (AvgIpc) is 2.77. The molecule has 146 valence electrons. The van der Waals surface area contributed by atoms with Crippen molar-refractivity contribution in [1.82, 2.24) is 15.3 Å². The van der Waals surface area contributed by atoms with Crippen molar-refractivity contribution in [2.75, 3.05) is 45.9 Å². The van der Waals surface area contributed by atoms with Crippen molar-refractivity contribution in [1.29, 1.82) is 0 Å². The molecule has 7 heteroatoms. The highest BCUT2D eigenvalue weighted by molar-refractivity contribution is 5.92. The molecule has 2 heterocycles. The van der Waals surface area contributed by atoms with Crippen LogP contribution in [0, 0.1) is 0 Å². The Morgan fingerprint density at radius 1 is 0.964 bits per heavy atom. The van der Waals surface area contributed by atoms with Crippen molar-refractivity contribution in [2.45, 2.75) is 6.04 Å². The van der Waals surface area contributed by atoms with Crippen LogP contribution in [-0.2, 0) is 0 Å². The predicted molar refractivity (Wildman–Crippen MR) is 109 cm³/mol. The van der Waals surface area contributed by atoms with Gasteiger partial charge in [-0.3, -0.25) is 0 Å². The second kappa shape index (κ2) is 7.90. The van der Waals surface area contributed by atoms with E-state index in [0.29, 0.717) is 11.5 Å². The SMILES string of the molecule is COc1cc2ncnc(N3CCN[C@H](c4ccccc4OC)C3)c2cc1OC. The molecule has 1 atom stereocenters. The number of ether oxygens (including phenoxy) is 3. The normalized spacial score (nSPS) is 16.8. The number of rotatable bonds is 5. The van der Waals surface area contributed by atoms with Crippen molar-refractivity contribution < 1.29 is 14.2 Å². The van der Waals surface area contributed by atoms with E-state index in [4.69, 9.17) is 14.2 Å². The summed E-state index contributed by atoms with van der Waals surface area (Å²) < 4.78 is 16.4. The minimum absolute atomic E-state index is 0.148. The number of aromatic nitrogens is 2. The Hall–Kier alpha value is -3.06. The van der Waals surface area contributed by atoms with Gasteiger partial charge < -0.3 is 24.4 Å². The Morgan fingerprint density at radius 3 is 2.50 bits per heavy atom. The number of para-hydroxylation sites is 1. The van der Waals surface area contributed by atoms with Gasteiger partial charge in [-0.05, 0) is 12.1 Å². The van der Waals surface area contributed by atoms with Crippen LogP contribution in [0.2, 0.25) is 0 Å². The molecule has 1 aliphatic rings. The molecule has 0 spiro atoms. The zero-order chi connectivity index (χ0) is 19.5. The predicted octanol–water partition coefficient (Wildman–Crippen LogP) is 2.81. The summed E-state index contributed by atoms with van der Waals surface area (Å²) in [7, 11) is 4.96. The third kappa shape index (κ3) is 3.29. The van der Waals surface area contributed by atoms with Gasteiger partial charge in [0.2, 0.25) is 0 Å². The van der Waals surface area contributed by atoms with Gasteiger partial charge in [0.15, 0.2) is 11.5 Å². The van der Waals surface area contributed by atoms with E-state index in [2.05, 4.69) is 26.3 Å². The number of benzene rings is 2. The van der Waals surface area contributed by atoms with E-state index < -0.39 is 0 Å². The first-order valence-electron chi connectivity index (χ1n) is 9.23. The number of hydrogen-bond acceptors (Lipinski definition) is 7. The van der Waals surface area contributed by atoms with Crippen LogP contribution in [-0.4, -0.2) is 50.9 Å². The molecule has 1 aromatic heterocycles. The van der Waals surface area contributed by atoms with Crippen LogP contribution in [0.25, 0.3) is 10.9 Å². The summed E-state index contributed by atoms with van der Waals surface area (Å²) in [5, 5.41) is 4.53. The molecular formula is C21H24N4O3. The number of hydrogen-bond donors (Lipinski definition) is 1. The molecule has 7 nitrogen and oxygen atoms in total. The van der Waals surface area contributed by atoms with Crippen LogP contribution in [0.5, 0.6) is 17.2 Å². The highest BCUT2D eigenvalue weighted by atomic mass is 16.5. The summed E-state index contributed by atoms with van der Waals surface area (Å²) in [5.41, 5.74) is 1.97. The maximum Gasteiger partial charge on any atom is 0.162 e. The van der Waals surface area contributed by atoms with E-state index >= 15 is 0 Å². The fraction of sp³-hybridized carbons (Fsp3) is 0.333. The fourth-order valence-electron chi connectivity index (χ4n) is 3.73. The Labute approximate surface area is 164 Å². The molecule has 3 aromatic rings. The second-order valence-electron chi connectivity index (χ2n) is 6.62. The summed E-state index contributed by atoms with van der Waals surface area (Å²) in [4.78, 5) is 11.3. The molecule has 2 aromatic carbocycles. The Morgan fingerprint density at radius 2 is 1.71 bits per heavy atom. The fourth-order valence-corrected chi connectivity index (χ4v) is 3.73. The lowest BCUT2D eigenvalue weighted by Crippen LogP contribution is -2.46. The molecule has 0 unspecified atom stereocenters. The third-order valence-electron chi connectivity index (χ3n) is 5.11. The Kier molecular flexibility index (Phi) is 5.16. The molecule has 0 bridgehead atoms. The van der Waals surface area contributed by atoms with E-state index in [1.165, 1.54) is 0 Å². The Bertz CT molecular complexity index is 979. The van der Waals surface area contributed by atoms with Gasteiger partial charge in [-0.1, -0.05) is 18.2 Å². The molecule has 0 saturated carbocycles. The molecular weight excluding hydrogens is 356 g/mol. The summed E-state index contributed by atoms with van der Waals surface area (Å²) in [6.07, 6.45) is 1.60. The van der Waals surface area contributed by atoms with Crippen LogP contribution < -0.4 is 24.4 Å². The van der Waals surface area contributed by atoms with Crippen LogP contribution in [0.1, 0.15) is 11.6 Å². The van der Waals surface area contributed by atoms with Crippen LogP contribution in [0.15, 0.2) is 42.7 Å². The molecule has 0 aliphatic carbocycles. The number of piperazine rings is 1. The van der Waals surface area contributed by atoms with E-state index in [-0.39, 0.29) is 6.04 Å². The molecule has 1 fully saturated rings. The number of fused-ring (bicyclic) bond motifs is 1. The van der Waals surface area contributed by atoms with Gasteiger partial charge in [0, 0.05) is 36.7 Å². The molecule has 0 amide bonds. The van der Waals surface area contributed by atoms with Gasteiger partial charge in [0.05, 0.1) is 32.9 Å². The number of methoxy groups -OCH3 is 3. The van der Waals surface area contributed by atoms with E-state index in [1.54, 1.807) is 27.7 Å². The second-order valence-corrected chi connectivity index (χ2v) is 6.62. The van der Waals surface area contributed by atoms with Crippen molar-refractivity contribution in [2.24, 2.45) is 0 Å². The van der Waals surface area contributed by atoms with Gasteiger partial charge in [-0.25, -0.2) is 9.97 Å². The van der Waals surface area contributed by atoms with Crippen molar-refractivity contribution in [3.8, 4) is 17.2 Å². The first-order valence-corrected chi connectivity index (χ1v) is 9.23. The maximum absolute atomic E-state index is 5.55. The number of nitrogens with one attached hydrogen (secondary N) is 1. The Balaban J connectivity index is 1.71. The van der Waals surface area contributed by atoms with Crippen LogP contribution >= 0.6 is 0 Å². The minimum Gasteiger partial charge on any atom is -0.496 e. The largest absolute Gasteiger partial charge is 0.496 e. The lowest BCUT2D eigenvalue weighted by atomic mass is 10.0. The zero-order valence-electron chi connectivity index (χ0n) is 16.3. The van der Waals surface area contributed by atoms with E-state index in [0.717, 1.165) is 47.7 Å². The molecule has 0 radical (unpaired) electrons. The monoisotopic (exact) mass is 380 g/mol. The quantitative estimate of drug-likeness (QED) is 0.730. The smallest absolute Gasteiger partial charge is 0.162 e. The molecule has 1 saturated heterocycles. The average molecular weight is 380 g/mol. The molecule has 28 heavy (non-hydrogen) atoms. The van der Waals surface area contributed by atoms with Crippen molar-refractivity contribution in [3.05, 3.63) is 48.3 Å². The number of anilines is 1. The lowest BCUT2D eigenvalue weighted by molar-refractivity contribution is 0.355. The topological polar surface area (TPSA) is 68.7 Å². The summed E-state index contributed by atoms with van der Waals surface area (Å²) >= 11 is 0. The van der Waals surface area contributed by atoms with Gasteiger partial charge in [0.1, 0.15) is 17.9 Å². The third-order valence-corrected chi connectivity index (χ3v) is 5.11. The standard InChI is InChI=1S/C21H24N4O3/c1-26-18-7-5-4-6-14(18)17-12-25(9-8-22-17)21-15-10-19(27-2)20(28-3)11-16(15)23-13-24-21/h4-7,10-11,13,17,22H,8-9,12H2,1-3H3/t17-/m0/s1. The summed E-state index contributed by atoms with van der Waals surface area (Å²) in [6.45, 7) is 2.48. The maximum atomic E-state index is 5.55. The minimum atomic E-state index is 0.148. The first kappa shape index (κ1) is 18.3. The summed E-state index contributed by atoms with van der Waals surface area (Å²) in [5.74, 6) is 3.11. The van der Waals surface area contributed by atoms with Gasteiger partial charge >= 0.3 is 0 Å². The van der Waals surface area contributed by atoms with E-state index in [9.17, 15) is 0 Å². The highest BCUT2D eigenvalue weighted by Crippen LogP contribution is 2.36. The first-order chi connectivity index (χ1) is 13.7. The number of nitrogens with zero attached hydrogens (tertiary/aromatic N) is 3.